The smallest absolute Gasteiger partial charge is 0.125 e. The maximum atomic E-state index is 13.4. The van der Waals surface area contributed by atoms with Crippen molar-refractivity contribution in [3.05, 3.63) is 29.8 Å². The first-order valence-corrected chi connectivity index (χ1v) is 6.62. The zero-order chi connectivity index (χ0) is 12.7. The first-order valence-electron chi connectivity index (χ1n) is 6.62. The molecule has 3 nitrogen and oxygen atoms in total. The summed E-state index contributed by atoms with van der Waals surface area (Å²) >= 11 is 0. The van der Waals surface area contributed by atoms with Crippen LogP contribution in [0, 0.1) is 5.82 Å². The molecular weight excluding hydrogens is 229 g/mol. The Labute approximate surface area is 106 Å². The molecule has 2 unspecified atom stereocenters. The highest BCUT2D eigenvalue weighted by molar-refractivity contribution is 5.76. The molecule has 0 bridgehead atoms. The molecule has 1 fully saturated rings. The molecule has 2 atom stereocenters. The van der Waals surface area contributed by atoms with E-state index < -0.39 is 0 Å². The summed E-state index contributed by atoms with van der Waals surface area (Å²) in [5.41, 5.74) is 7.91. The zero-order valence-electron chi connectivity index (χ0n) is 10.6. The number of rotatable bonds is 2. The Morgan fingerprint density at radius 2 is 2.28 bits per heavy atom. The van der Waals surface area contributed by atoms with Gasteiger partial charge in [0, 0.05) is 18.5 Å². The lowest BCUT2D eigenvalue weighted by molar-refractivity contribution is 0.550. The molecule has 2 aromatic rings. The normalized spacial score (nSPS) is 23.9. The Morgan fingerprint density at radius 3 is 2.94 bits per heavy atom. The van der Waals surface area contributed by atoms with Crippen molar-refractivity contribution in [1.29, 1.82) is 0 Å². The fraction of sp³-hybridized carbons (Fsp3) is 0.500. The van der Waals surface area contributed by atoms with Crippen LogP contribution in [0.15, 0.2) is 18.2 Å². The molecule has 1 aromatic heterocycles. The van der Waals surface area contributed by atoms with Crippen LogP contribution in [0.4, 0.5) is 4.39 Å². The minimum absolute atomic E-state index is 0.192. The second-order valence-corrected chi connectivity index (χ2v) is 5.05. The molecule has 1 heterocycles. The van der Waals surface area contributed by atoms with E-state index in [2.05, 4.69) is 16.5 Å². The maximum absolute atomic E-state index is 13.4. The van der Waals surface area contributed by atoms with Crippen molar-refractivity contribution < 1.29 is 4.39 Å². The molecule has 3 rings (SSSR count). The summed E-state index contributed by atoms with van der Waals surface area (Å²) in [6, 6.07) is 4.97. The van der Waals surface area contributed by atoms with E-state index >= 15 is 0 Å². The van der Waals surface area contributed by atoms with Crippen LogP contribution in [0.25, 0.3) is 11.0 Å². The molecule has 96 valence electrons. The Balaban J connectivity index is 2.16. The van der Waals surface area contributed by atoms with Crippen molar-refractivity contribution in [2.24, 2.45) is 5.73 Å². The van der Waals surface area contributed by atoms with E-state index in [1.54, 1.807) is 12.1 Å². The van der Waals surface area contributed by atoms with Crippen LogP contribution in [0.2, 0.25) is 0 Å². The average Bonchev–Trinajstić information content (AvgIpc) is 2.91. The van der Waals surface area contributed by atoms with E-state index in [4.69, 9.17) is 5.73 Å². The minimum Gasteiger partial charge on any atom is -0.328 e. The third-order valence-corrected chi connectivity index (χ3v) is 3.96. The topological polar surface area (TPSA) is 43.8 Å². The fourth-order valence-corrected chi connectivity index (χ4v) is 3.04. The summed E-state index contributed by atoms with van der Waals surface area (Å²) < 4.78 is 15.5. The number of aromatic nitrogens is 2. The van der Waals surface area contributed by atoms with Crippen LogP contribution >= 0.6 is 0 Å². The second kappa shape index (κ2) is 4.35. The summed E-state index contributed by atoms with van der Waals surface area (Å²) in [6.45, 7) is 2.87. The first-order chi connectivity index (χ1) is 8.70. The van der Waals surface area contributed by atoms with Crippen LogP contribution in [-0.2, 0) is 6.54 Å². The summed E-state index contributed by atoms with van der Waals surface area (Å²) in [6.07, 6.45) is 3.31. The van der Waals surface area contributed by atoms with E-state index in [1.807, 2.05) is 0 Å². The molecule has 0 aliphatic heterocycles. The van der Waals surface area contributed by atoms with Gasteiger partial charge in [0.15, 0.2) is 0 Å². The summed E-state index contributed by atoms with van der Waals surface area (Å²) in [5, 5.41) is 0. The van der Waals surface area contributed by atoms with Gasteiger partial charge in [-0.2, -0.15) is 0 Å². The highest BCUT2D eigenvalue weighted by Crippen LogP contribution is 2.34. The van der Waals surface area contributed by atoms with Crippen LogP contribution in [0.5, 0.6) is 0 Å². The molecule has 1 aliphatic rings. The van der Waals surface area contributed by atoms with Crippen molar-refractivity contribution >= 4 is 11.0 Å². The number of benzene rings is 1. The molecule has 4 heteroatoms. The molecule has 0 spiro atoms. The number of hydrogen-bond donors (Lipinski definition) is 1. The Bertz CT molecular complexity index is 576. The number of halogens is 1. The van der Waals surface area contributed by atoms with Crippen molar-refractivity contribution in [1.82, 2.24) is 9.55 Å². The summed E-state index contributed by atoms with van der Waals surface area (Å²) in [4.78, 5) is 4.67. The Kier molecular flexibility index (Phi) is 2.82. The van der Waals surface area contributed by atoms with Crippen molar-refractivity contribution in [3.8, 4) is 0 Å². The average molecular weight is 247 g/mol. The van der Waals surface area contributed by atoms with E-state index in [-0.39, 0.29) is 11.9 Å². The third-order valence-electron chi connectivity index (χ3n) is 3.96. The number of hydrogen-bond acceptors (Lipinski definition) is 2. The largest absolute Gasteiger partial charge is 0.328 e. The predicted octanol–water partition coefficient (Wildman–Crippen LogP) is 2.79. The van der Waals surface area contributed by atoms with E-state index in [1.165, 1.54) is 6.07 Å². The Morgan fingerprint density at radius 1 is 1.44 bits per heavy atom. The lowest BCUT2D eigenvalue weighted by Gasteiger charge is -2.16. The van der Waals surface area contributed by atoms with Crippen LogP contribution in [0.1, 0.15) is 37.9 Å². The first kappa shape index (κ1) is 11.7. The molecule has 0 saturated heterocycles. The predicted molar refractivity (Wildman–Crippen MR) is 69.9 cm³/mol. The quantitative estimate of drug-likeness (QED) is 0.886. The molecule has 2 N–H and O–H groups in total. The van der Waals surface area contributed by atoms with Gasteiger partial charge in [0.1, 0.15) is 11.6 Å². The summed E-state index contributed by atoms with van der Waals surface area (Å²) in [5.74, 6) is 1.14. The molecule has 1 aliphatic carbocycles. The SMILES string of the molecule is CCn1c(C2CCCC2N)nc2ccc(F)cc21. The molecule has 1 saturated carbocycles. The second-order valence-electron chi connectivity index (χ2n) is 5.05. The lowest BCUT2D eigenvalue weighted by atomic mass is 10.0. The zero-order valence-corrected chi connectivity index (χ0v) is 10.6. The Hall–Kier alpha value is -1.42. The molecule has 1 aromatic carbocycles. The van der Waals surface area contributed by atoms with Gasteiger partial charge in [-0.3, -0.25) is 0 Å². The standard InChI is InChI=1S/C14H18FN3/c1-2-18-13-8-9(15)6-7-12(13)17-14(18)10-4-3-5-11(10)16/h6-8,10-11H,2-5,16H2,1H3. The number of nitrogens with zero attached hydrogens (tertiary/aromatic N) is 2. The van der Waals surface area contributed by atoms with Crippen molar-refractivity contribution in [2.45, 2.75) is 44.7 Å². The van der Waals surface area contributed by atoms with Gasteiger partial charge in [0.05, 0.1) is 11.0 Å². The lowest BCUT2D eigenvalue weighted by Crippen LogP contribution is -2.25. The van der Waals surface area contributed by atoms with E-state index in [9.17, 15) is 4.39 Å². The van der Waals surface area contributed by atoms with Gasteiger partial charge in [-0.1, -0.05) is 6.42 Å². The van der Waals surface area contributed by atoms with Gasteiger partial charge in [0.2, 0.25) is 0 Å². The minimum atomic E-state index is -0.209. The summed E-state index contributed by atoms with van der Waals surface area (Å²) in [7, 11) is 0. The molecular formula is C14H18FN3. The van der Waals surface area contributed by atoms with Gasteiger partial charge in [0.25, 0.3) is 0 Å². The number of nitrogens with two attached hydrogens (primary N) is 1. The number of fused-ring (bicyclic) bond motifs is 1. The molecule has 18 heavy (non-hydrogen) atoms. The van der Waals surface area contributed by atoms with Gasteiger partial charge < -0.3 is 10.3 Å². The van der Waals surface area contributed by atoms with Gasteiger partial charge in [-0.05, 0) is 38.0 Å². The van der Waals surface area contributed by atoms with Crippen LogP contribution in [0.3, 0.4) is 0 Å². The highest BCUT2D eigenvalue weighted by atomic mass is 19.1. The van der Waals surface area contributed by atoms with Gasteiger partial charge in [-0.25, -0.2) is 9.37 Å². The fourth-order valence-electron chi connectivity index (χ4n) is 3.04. The molecule has 0 amide bonds. The van der Waals surface area contributed by atoms with E-state index in [0.717, 1.165) is 42.7 Å². The number of aryl methyl sites for hydroxylation is 1. The third kappa shape index (κ3) is 1.72. The maximum Gasteiger partial charge on any atom is 0.125 e. The van der Waals surface area contributed by atoms with Crippen molar-refractivity contribution in [2.75, 3.05) is 0 Å². The highest BCUT2D eigenvalue weighted by Gasteiger charge is 2.29. The monoisotopic (exact) mass is 247 g/mol. The van der Waals surface area contributed by atoms with Gasteiger partial charge in [-0.15, -0.1) is 0 Å². The van der Waals surface area contributed by atoms with Crippen LogP contribution < -0.4 is 5.73 Å². The van der Waals surface area contributed by atoms with Crippen LogP contribution in [-0.4, -0.2) is 15.6 Å². The number of imidazole rings is 1. The molecule has 0 radical (unpaired) electrons. The van der Waals surface area contributed by atoms with Crippen molar-refractivity contribution in [3.63, 3.8) is 0 Å². The van der Waals surface area contributed by atoms with E-state index in [0.29, 0.717) is 5.92 Å². The van der Waals surface area contributed by atoms with Gasteiger partial charge >= 0.3 is 0 Å².